The molecule has 3 nitrogen and oxygen atoms in total. The number of ether oxygens (including phenoxy) is 2. The van der Waals surface area contributed by atoms with Gasteiger partial charge >= 0.3 is 5.97 Å². The lowest BCUT2D eigenvalue weighted by atomic mass is 9.65. The van der Waals surface area contributed by atoms with Gasteiger partial charge in [-0.3, -0.25) is 0 Å². The third kappa shape index (κ3) is 4.91. The summed E-state index contributed by atoms with van der Waals surface area (Å²) < 4.78 is 39.9. The Balaban J connectivity index is 1.60. The number of halogens is 2. The van der Waals surface area contributed by atoms with Crippen molar-refractivity contribution in [2.24, 2.45) is 11.8 Å². The first kappa shape index (κ1) is 21.2. The number of carbonyl (C=O) groups excluding carboxylic acids is 1. The molecule has 0 radical (unpaired) electrons. The minimum atomic E-state index is -0.717. The molecule has 2 saturated carbocycles. The van der Waals surface area contributed by atoms with Crippen molar-refractivity contribution in [1.29, 1.82) is 0 Å². The molecule has 0 aromatic heterocycles. The van der Waals surface area contributed by atoms with Gasteiger partial charge in [-0.1, -0.05) is 19.8 Å². The molecule has 3 rings (SSSR count). The van der Waals surface area contributed by atoms with E-state index in [9.17, 15) is 13.6 Å². The second-order valence-electron chi connectivity index (χ2n) is 8.39. The van der Waals surface area contributed by atoms with E-state index in [1.54, 1.807) is 0 Å². The minimum absolute atomic E-state index is 0.0735. The zero-order valence-electron chi connectivity index (χ0n) is 17.0. The van der Waals surface area contributed by atoms with Crippen LogP contribution < -0.4 is 0 Å². The van der Waals surface area contributed by atoms with E-state index in [1.165, 1.54) is 20.0 Å². The largest absolute Gasteiger partial charge is 0.465 e. The van der Waals surface area contributed by atoms with Gasteiger partial charge in [0.2, 0.25) is 0 Å². The second kappa shape index (κ2) is 9.82. The quantitative estimate of drug-likeness (QED) is 0.420. The molecule has 0 N–H and O–H groups in total. The predicted molar refractivity (Wildman–Crippen MR) is 104 cm³/mol. The van der Waals surface area contributed by atoms with Crippen molar-refractivity contribution in [1.82, 2.24) is 0 Å². The van der Waals surface area contributed by atoms with E-state index < -0.39 is 17.6 Å². The van der Waals surface area contributed by atoms with Crippen molar-refractivity contribution in [3.05, 3.63) is 34.9 Å². The third-order valence-electron chi connectivity index (χ3n) is 6.57. The molecule has 4 unspecified atom stereocenters. The molecule has 0 bridgehead atoms. The first-order valence-corrected chi connectivity index (χ1v) is 10.7. The molecule has 2 fully saturated rings. The molecule has 156 valence electrons. The molecule has 0 amide bonds. The van der Waals surface area contributed by atoms with Crippen LogP contribution in [0.5, 0.6) is 0 Å². The van der Waals surface area contributed by atoms with E-state index >= 15 is 0 Å². The Kier molecular flexibility index (Phi) is 7.44. The highest BCUT2D eigenvalue weighted by Gasteiger charge is 2.38. The zero-order valence-corrected chi connectivity index (χ0v) is 17.0. The van der Waals surface area contributed by atoms with Crippen LogP contribution in [0.2, 0.25) is 0 Å². The van der Waals surface area contributed by atoms with Crippen molar-refractivity contribution in [2.75, 3.05) is 13.7 Å². The van der Waals surface area contributed by atoms with Gasteiger partial charge in [-0.15, -0.1) is 0 Å². The monoisotopic (exact) mass is 394 g/mol. The average Bonchev–Trinajstić information content (AvgIpc) is 2.70. The highest BCUT2D eigenvalue weighted by atomic mass is 19.1. The highest BCUT2D eigenvalue weighted by molar-refractivity contribution is 5.89. The van der Waals surface area contributed by atoms with Gasteiger partial charge in [0.05, 0.1) is 18.8 Å². The van der Waals surface area contributed by atoms with Crippen LogP contribution in [0.25, 0.3) is 0 Å². The van der Waals surface area contributed by atoms with E-state index in [-0.39, 0.29) is 17.0 Å². The van der Waals surface area contributed by atoms with Crippen LogP contribution in [0, 0.1) is 23.5 Å². The predicted octanol–water partition coefficient (Wildman–Crippen LogP) is 6.01. The van der Waals surface area contributed by atoms with Crippen molar-refractivity contribution >= 4 is 5.97 Å². The van der Waals surface area contributed by atoms with Crippen molar-refractivity contribution in [3.63, 3.8) is 0 Å². The molecule has 1 aromatic carbocycles. The number of hydrogen-bond acceptors (Lipinski definition) is 3. The lowest BCUT2D eigenvalue weighted by molar-refractivity contribution is -0.0165. The summed E-state index contributed by atoms with van der Waals surface area (Å²) in [5.41, 5.74) is 0.0692. The fraction of sp³-hybridized carbons (Fsp3) is 0.696. The Hall–Kier alpha value is -1.49. The number of esters is 1. The number of carbonyl (C=O) groups is 1. The van der Waals surface area contributed by atoms with Crippen LogP contribution in [0.3, 0.4) is 0 Å². The Morgan fingerprint density at radius 2 is 1.71 bits per heavy atom. The van der Waals surface area contributed by atoms with Crippen LogP contribution in [0.4, 0.5) is 8.78 Å². The Morgan fingerprint density at radius 1 is 1.04 bits per heavy atom. The summed E-state index contributed by atoms with van der Waals surface area (Å²) in [6, 6.07) is 2.22. The number of rotatable bonds is 7. The third-order valence-corrected chi connectivity index (χ3v) is 6.57. The fourth-order valence-corrected chi connectivity index (χ4v) is 5.07. The number of fused-ring (bicyclic) bond motifs is 1. The maximum Gasteiger partial charge on any atom is 0.338 e. The van der Waals surface area contributed by atoms with Gasteiger partial charge in [0.25, 0.3) is 0 Å². The molecule has 5 heteroatoms. The minimum Gasteiger partial charge on any atom is -0.465 e. The number of hydrogen-bond donors (Lipinski definition) is 0. The van der Waals surface area contributed by atoms with Gasteiger partial charge in [-0.2, -0.15) is 0 Å². The standard InChI is InChI=1S/C23H32F2O3/c1-3-4-5-10-28-19-9-8-15-11-17(7-6-16(15)12-19)22-20(24)13-18(14-21(22)25)23(26)27-2/h13-17,19H,3-12H2,1-2H3. The van der Waals surface area contributed by atoms with Crippen molar-refractivity contribution in [2.45, 2.75) is 76.7 Å². The summed E-state index contributed by atoms with van der Waals surface area (Å²) in [4.78, 5) is 11.6. The van der Waals surface area contributed by atoms with Crippen LogP contribution in [-0.4, -0.2) is 25.8 Å². The topological polar surface area (TPSA) is 35.5 Å². The SMILES string of the molecule is CCCCCOC1CCC2CC(c3c(F)cc(C(=O)OC)cc3F)CCC2C1. The summed E-state index contributed by atoms with van der Waals surface area (Å²) in [6.45, 7) is 3.04. The van der Waals surface area contributed by atoms with Gasteiger partial charge in [0.1, 0.15) is 11.6 Å². The summed E-state index contributed by atoms with van der Waals surface area (Å²) in [7, 11) is 1.21. The smallest absolute Gasteiger partial charge is 0.338 e. The molecule has 0 spiro atoms. The van der Waals surface area contributed by atoms with Crippen molar-refractivity contribution in [3.8, 4) is 0 Å². The number of benzene rings is 1. The van der Waals surface area contributed by atoms with E-state index in [0.717, 1.165) is 63.7 Å². The zero-order chi connectivity index (χ0) is 20.1. The normalized spacial score (nSPS) is 27.3. The maximum absolute atomic E-state index is 14.6. The number of unbranched alkanes of at least 4 members (excludes halogenated alkanes) is 2. The fourth-order valence-electron chi connectivity index (χ4n) is 5.07. The summed E-state index contributed by atoms with van der Waals surface area (Å²) >= 11 is 0. The summed E-state index contributed by atoms with van der Waals surface area (Å²) in [5.74, 6) is -0.983. The molecule has 1 aromatic rings. The summed E-state index contributed by atoms with van der Waals surface area (Å²) in [6.07, 6.45) is 9.69. The Morgan fingerprint density at radius 3 is 2.39 bits per heavy atom. The first-order chi connectivity index (χ1) is 13.5. The number of methoxy groups -OCH3 is 1. The van der Waals surface area contributed by atoms with Crippen molar-refractivity contribution < 1.29 is 23.0 Å². The summed E-state index contributed by atoms with van der Waals surface area (Å²) in [5, 5.41) is 0. The van der Waals surface area contributed by atoms with Gasteiger partial charge in [0.15, 0.2) is 0 Å². The molecular weight excluding hydrogens is 362 g/mol. The van der Waals surface area contributed by atoms with Crippen LogP contribution in [-0.2, 0) is 9.47 Å². The molecular formula is C23H32F2O3. The molecule has 0 saturated heterocycles. The van der Waals surface area contributed by atoms with Crippen LogP contribution in [0.1, 0.15) is 86.6 Å². The molecule has 2 aliphatic carbocycles. The molecule has 0 aliphatic heterocycles. The van der Waals surface area contributed by atoms with E-state index in [0.29, 0.717) is 17.9 Å². The van der Waals surface area contributed by atoms with Crippen LogP contribution in [0.15, 0.2) is 12.1 Å². The van der Waals surface area contributed by atoms with Gasteiger partial charge in [-0.05, 0) is 74.8 Å². The van der Waals surface area contributed by atoms with E-state index in [1.807, 2.05) is 0 Å². The Bertz CT molecular complexity index is 653. The highest BCUT2D eigenvalue weighted by Crippen LogP contribution is 2.47. The van der Waals surface area contributed by atoms with Crippen LogP contribution >= 0.6 is 0 Å². The van der Waals surface area contributed by atoms with Gasteiger partial charge in [-0.25, -0.2) is 13.6 Å². The first-order valence-electron chi connectivity index (χ1n) is 10.7. The van der Waals surface area contributed by atoms with Gasteiger partial charge in [0, 0.05) is 12.2 Å². The maximum atomic E-state index is 14.6. The lowest BCUT2D eigenvalue weighted by Crippen LogP contribution is -2.34. The molecule has 0 heterocycles. The van der Waals surface area contributed by atoms with E-state index in [2.05, 4.69) is 11.7 Å². The van der Waals surface area contributed by atoms with Gasteiger partial charge < -0.3 is 9.47 Å². The molecule has 2 aliphatic rings. The molecule has 28 heavy (non-hydrogen) atoms. The second-order valence-corrected chi connectivity index (χ2v) is 8.39. The Labute approximate surface area is 166 Å². The van der Waals surface area contributed by atoms with E-state index in [4.69, 9.17) is 4.74 Å². The molecule has 4 atom stereocenters. The average molecular weight is 395 g/mol. The lowest BCUT2D eigenvalue weighted by Gasteiger charge is -2.42.